The number of nitrogens with zero attached hydrogens (tertiary/aromatic N) is 2. The van der Waals surface area contributed by atoms with E-state index in [0.29, 0.717) is 10.7 Å². The number of anilines is 1. The molecule has 0 radical (unpaired) electrons. The quantitative estimate of drug-likeness (QED) is 0.607. The Labute approximate surface area is 157 Å². The molecule has 0 aliphatic carbocycles. The molecule has 0 atom stereocenters. The fourth-order valence-corrected chi connectivity index (χ4v) is 2.92. The van der Waals surface area contributed by atoms with Gasteiger partial charge >= 0.3 is 0 Å². The predicted octanol–water partition coefficient (Wildman–Crippen LogP) is 4.78. The highest BCUT2D eigenvalue weighted by atomic mass is 79.9. The van der Waals surface area contributed by atoms with Crippen molar-refractivity contribution in [2.45, 2.75) is 5.03 Å². The summed E-state index contributed by atoms with van der Waals surface area (Å²) in [5.74, 6) is -0.326. The molecule has 3 aromatic rings. The van der Waals surface area contributed by atoms with Gasteiger partial charge in [-0.3, -0.25) is 4.79 Å². The van der Waals surface area contributed by atoms with E-state index in [1.807, 2.05) is 36.4 Å². The molecule has 1 aromatic heterocycles. The van der Waals surface area contributed by atoms with Crippen molar-refractivity contribution in [3.63, 3.8) is 0 Å². The maximum Gasteiger partial charge on any atom is 0.234 e. The molecule has 4 nitrogen and oxygen atoms in total. The predicted molar refractivity (Wildman–Crippen MR) is 101 cm³/mol. The number of rotatable bonds is 5. The van der Waals surface area contributed by atoms with Crippen LogP contribution in [0.15, 0.2) is 70.2 Å². The Hall–Kier alpha value is -2.25. The molecule has 25 heavy (non-hydrogen) atoms. The van der Waals surface area contributed by atoms with Crippen LogP contribution in [0.1, 0.15) is 0 Å². The lowest BCUT2D eigenvalue weighted by Gasteiger charge is -2.05. The molecule has 0 spiro atoms. The number of aromatic nitrogens is 2. The number of hydrogen-bond acceptors (Lipinski definition) is 4. The summed E-state index contributed by atoms with van der Waals surface area (Å²) in [7, 11) is 0. The minimum atomic E-state index is -0.339. The monoisotopic (exact) mass is 417 g/mol. The lowest BCUT2D eigenvalue weighted by atomic mass is 10.1. The van der Waals surface area contributed by atoms with Gasteiger partial charge in [-0.25, -0.2) is 4.39 Å². The first kappa shape index (κ1) is 17.6. The van der Waals surface area contributed by atoms with Crippen LogP contribution in [0.25, 0.3) is 11.3 Å². The van der Waals surface area contributed by atoms with Crippen molar-refractivity contribution in [3.8, 4) is 11.3 Å². The Kier molecular flexibility index (Phi) is 5.78. The van der Waals surface area contributed by atoms with Gasteiger partial charge in [-0.2, -0.15) is 0 Å². The molecule has 0 aliphatic heterocycles. The fraction of sp³-hybridized carbons (Fsp3) is 0.0556. The Morgan fingerprint density at radius 3 is 2.36 bits per heavy atom. The zero-order valence-electron chi connectivity index (χ0n) is 12.9. The highest BCUT2D eigenvalue weighted by Gasteiger charge is 2.06. The third-order valence-electron chi connectivity index (χ3n) is 3.26. The average molecular weight is 418 g/mol. The molecule has 1 N–H and O–H groups in total. The lowest BCUT2D eigenvalue weighted by molar-refractivity contribution is -0.113. The van der Waals surface area contributed by atoms with Crippen molar-refractivity contribution in [1.29, 1.82) is 0 Å². The highest BCUT2D eigenvalue weighted by Crippen LogP contribution is 2.21. The second-order valence-corrected chi connectivity index (χ2v) is 7.02. The summed E-state index contributed by atoms with van der Waals surface area (Å²) in [4.78, 5) is 11.9. The molecule has 7 heteroatoms. The van der Waals surface area contributed by atoms with Crippen molar-refractivity contribution in [2.24, 2.45) is 0 Å². The van der Waals surface area contributed by atoms with Gasteiger partial charge in [0.2, 0.25) is 5.91 Å². The van der Waals surface area contributed by atoms with Crippen LogP contribution in [-0.2, 0) is 4.79 Å². The minimum absolute atomic E-state index is 0.185. The molecule has 0 saturated heterocycles. The summed E-state index contributed by atoms with van der Waals surface area (Å²) in [6.45, 7) is 0. The first-order valence-corrected chi connectivity index (χ1v) is 9.16. The van der Waals surface area contributed by atoms with Gasteiger partial charge in [0.05, 0.1) is 11.4 Å². The second-order valence-electron chi connectivity index (χ2n) is 5.11. The maximum absolute atomic E-state index is 12.8. The van der Waals surface area contributed by atoms with Crippen LogP contribution >= 0.6 is 27.7 Å². The van der Waals surface area contributed by atoms with Crippen molar-refractivity contribution in [3.05, 3.63) is 71.0 Å². The van der Waals surface area contributed by atoms with E-state index in [1.54, 1.807) is 0 Å². The maximum atomic E-state index is 12.8. The van der Waals surface area contributed by atoms with E-state index in [4.69, 9.17) is 0 Å². The Bertz CT molecular complexity index is 855. The molecule has 0 unspecified atom stereocenters. The van der Waals surface area contributed by atoms with Crippen LogP contribution in [0.4, 0.5) is 10.1 Å². The number of carbonyl (C=O) groups excluding carboxylic acids is 1. The molecule has 1 amide bonds. The number of benzene rings is 2. The largest absolute Gasteiger partial charge is 0.325 e. The number of hydrogen-bond donors (Lipinski definition) is 1. The first-order valence-electron chi connectivity index (χ1n) is 7.38. The van der Waals surface area contributed by atoms with Crippen molar-refractivity contribution in [2.75, 3.05) is 11.1 Å². The smallest absolute Gasteiger partial charge is 0.234 e. The van der Waals surface area contributed by atoms with Crippen LogP contribution in [0.5, 0.6) is 0 Å². The third-order valence-corrected chi connectivity index (χ3v) is 4.71. The highest BCUT2D eigenvalue weighted by molar-refractivity contribution is 9.10. The van der Waals surface area contributed by atoms with Crippen LogP contribution in [0.3, 0.4) is 0 Å². The number of thioether (sulfide) groups is 1. The molecule has 0 aliphatic rings. The molecule has 0 saturated carbocycles. The Balaban J connectivity index is 1.55. The molecule has 2 aromatic carbocycles. The molecule has 0 fully saturated rings. The molecule has 126 valence electrons. The average Bonchev–Trinajstić information content (AvgIpc) is 2.63. The van der Waals surface area contributed by atoms with Gasteiger partial charge in [0.15, 0.2) is 0 Å². The van der Waals surface area contributed by atoms with E-state index < -0.39 is 0 Å². The zero-order valence-corrected chi connectivity index (χ0v) is 15.3. The summed E-state index contributed by atoms with van der Waals surface area (Å²) >= 11 is 4.69. The normalized spacial score (nSPS) is 10.5. The van der Waals surface area contributed by atoms with E-state index in [-0.39, 0.29) is 17.5 Å². The SMILES string of the molecule is O=C(CSc1ccc(-c2ccc(Br)cc2)nn1)Nc1ccc(F)cc1. The van der Waals surface area contributed by atoms with Gasteiger partial charge in [0, 0.05) is 15.7 Å². The van der Waals surface area contributed by atoms with E-state index >= 15 is 0 Å². The number of amides is 1. The van der Waals surface area contributed by atoms with Gasteiger partial charge in [0.25, 0.3) is 0 Å². The van der Waals surface area contributed by atoms with Crippen LogP contribution in [-0.4, -0.2) is 21.9 Å². The number of halogens is 2. The van der Waals surface area contributed by atoms with Crippen molar-refractivity contribution in [1.82, 2.24) is 10.2 Å². The topological polar surface area (TPSA) is 54.9 Å². The summed E-state index contributed by atoms with van der Waals surface area (Å²) < 4.78 is 13.8. The number of nitrogens with one attached hydrogen (secondary N) is 1. The molecular formula is C18H13BrFN3OS. The third kappa shape index (κ3) is 5.11. The minimum Gasteiger partial charge on any atom is -0.325 e. The zero-order chi connectivity index (χ0) is 17.6. The Morgan fingerprint density at radius 1 is 1.00 bits per heavy atom. The summed E-state index contributed by atoms with van der Waals surface area (Å²) in [6, 6.07) is 17.1. The van der Waals surface area contributed by atoms with Gasteiger partial charge in [-0.15, -0.1) is 10.2 Å². The second kappa shape index (κ2) is 8.22. The molecular weight excluding hydrogens is 405 g/mol. The molecule has 1 heterocycles. The van der Waals surface area contributed by atoms with Gasteiger partial charge in [0.1, 0.15) is 10.8 Å². The Morgan fingerprint density at radius 2 is 1.72 bits per heavy atom. The first-order chi connectivity index (χ1) is 12.1. The summed E-state index contributed by atoms with van der Waals surface area (Å²) in [6.07, 6.45) is 0. The van der Waals surface area contributed by atoms with Gasteiger partial charge in [-0.05, 0) is 48.5 Å². The van der Waals surface area contributed by atoms with E-state index in [0.717, 1.165) is 15.7 Å². The van der Waals surface area contributed by atoms with Gasteiger partial charge < -0.3 is 5.32 Å². The lowest BCUT2D eigenvalue weighted by Crippen LogP contribution is -2.14. The van der Waals surface area contributed by atoms with Crippen LogP contribution < -0.4 is 5.32 Å². The van der Waals surface area contributed by atoms with Crippen LogP contribution in [0.2, 0.25) is 0 Å². The van der Waals surface area contributed by atoms with E-state index in [1.165, 1.54) is 36.0 Å². The van der Waals surface area contributed by atoms with E-state index in [2.05, 4.69) is 31.4 Å². The van der Waals surface area contributed by atoms with Crippen molar-refractivity contribution < 1.29 is 9.18 Å². The van der Waals surface area contributed by atoms with E-state index in [9.17, 15) is 9.18 Å². The molecule has 3 rings (SSSR count). The summed E-state index contributed by atoms with van der Waals surface area (Å²) in [5, 5.41) is 11.7. The fourth-order valence-electron chi connectivity index (χ4n) is 2.04. The van der Waals surface area contributed by atoms with Gasteiger partial charge in [-0.1, -0.05) is 39.8 Å². The number of carbonyl (C=O) groups is 1. The standard InChI is InChI=1S/C18H13BrFN3OS/c19-13-3-1-12(2-4-13)16-9-10-18(23-22-16)25-11-17(24)21-15-7-5-14(20)6-8-15/h1-10H,11H2,(H,21,24). The van der Waals surface area contributed by atoms with Crippen molar-refractivity contribution >= 4 is 39.3 Å². The molecule has 0 bridgehead atoms. The summed E-state index contributed by atoms with van der Waals surface area (Å²) in [5.41, 5.74) is 2.30. The van der Waals surface area contributed by atoms with Crippen LogP contribution in [0, 0.1) is 5.82 Å².